The molecule has 1 fully saturated rings. The monoisotopic (exact) mass is 465 g/mol. The molecular formula is C10H17NNa4O10P2. The number of carbonyl (C=O) groups excluding carboxylic acids is 1. The third-order valence-corrected chi connectivity index (χ3v) is 6.84. The van der Waals surface area contributed by atoms with Gasteiger partial charge in [-0.3, -0.25) is 4.79 Å². The molecule has 0 unspecified atom stereocenters. The van der Waals surface area contributed by atoms with Gasteiger partial charge >= 0.3 is 118 Å². The zero-order valence-corrected chi connectivity index (χ0v) is 26.2. The first-order chi connectivity index (χ1) is 10.2. The van der Waals surface area contributed by atoms with Crippen molar-refractivity contribution in [3.05, 3.63) is 0 Å². The Labute approximate surface area is 246 Å². The van der Waals surface area contributed by atoms with Crippen LogP contribution in [0.3, 0.4) is 0 Å². The van der Waals surface area contributed by atoms with Gasteiger partial charge in [-0.25, -0.2) is 0 Å². The average Bonchev–Trinajstić information content (AvgIpc) is 2.71. The maximum atomic E-state index is 11.7. The molecule has 0 spiro atoms. The molecule has 0 aromatic heterocycles. The molecule has 1 amide bonds. The SMILES string of the molecule is CC1(C)OC[C@@H](C(=O)NCCCC(O)(P(=O)([O-])[O-])P(=O)([O-])[O-])O1.[Na+].[Na+].[Na+].[Na+]. The Kier molecular flexibility index (Phi) is 20.7. The summed E-state index contributed by atoms with van der Waals surface area (Å²) < 4.78 is 32.1. The van der Waals surface area contributed by atoms with Gasteiger partial charge in [-0.2, -0.15) is 0 Å². The number of aliphatic hydroxyl groups is 1. The number of carbonyl (C=O) groups is 1. The van der Waals surface area contributed by atoms with Crippen molar-refractivity contribution in [2.75, 3.05) is 13.2 Å². The van der Waals surface area contributed by atoms with Crippen molar-refractivity contribution < 1.29 is 166 Å². The van der Waals surface area contributed by atoms with E-state index in [2.05, 4.69) is 5.32 Å². The van der Waals surface area contributed by atoms with Crippen LogP contribution in [-0.4, -0.2) is 41.1 Å². The molecule has 0 bridgehead atoms. The minimum atomic E-state index is -6.10. The Morgan fingerprint density at radius 2 is 1.59 bits per heavy atom. The molecule has 27 heavy (non-hydrogen) atoms. The normalized spacial score (nSPS) is 18.9. The quantitative estimate of drug-likeness (QED) is 0.207. The van der Waals surface area contributed by atoms with Crippen LogP contribution in [-0.2, 0) is 23.4 Å². The molecule has 1 heterocycles. The van der Waals surface area contributed by atoms with Crippen molar-refractivity contribution >= 4 is 21.1 Å². The van der Waals surface area contributed by atoms with Gasteiger partial charge in [0.05, 0.1) is 6.61 Å². The minimum absolute atomic E-state index is 0. The van der Waals surface area contributed by atoms with Gasteiger partial charge in [0.1, 0.15) is 5.08 Å². The van der Waals surface area contributed by atoms with Crippen molar-refractivity contribution in [1.82, 2.24) is 5.32 Å². The van der Waals surface area contributed by atoms with Crippen LogP contribution in [0, 0.1) is 0 Å². The standard InChI is InChI=1S/C10H21NO10P2.4Na/c1-9(2)20-6-7(21-9)8(12)11-5-3-4-10(13,22(14,15)16)23(17,18)19;;;;/h7,13H,3-6H2,1-2H3,(H,11,12)(H2,14,15,16)(H2,17,18,19);;;;/q;4*+1/p-4/t7-;;;;/m0..../s1. The van der Waals surface area contributed by atoms with Gasteiger partial charge in [0.2, 0.25) is 0 Å². The second-order valence-corrected chi connectivity index (χ2v) is 9.30. The Morgan fingerprint density at radius 3 is 1.93 bits per heavy atom. The molecule has 17 heteroatoms. The van der Waals surface area contributed by atoms with E-state index in [0.717, 1.165) is 0 Å². The summed E-state index contributed by atoms with van der Waals surface area (Å²) in [4.78, 5) is 55.1. The van der Waals surface area contributed by atoms with E-state index in [1.54, 1.807) is 13.8 Å². The number of amides is 1. The second kappa shape index (κ2) is 14.7. The number of hydrogen-bond donors (Lipinski definition) is 2. The van der Waals surface area contributed by atoms with Crippen LogP contribution in [0.15, 0.2) is 0 Å². The first-order valence-corrected chi connectivity index (χ1v) is 9.64. The molecule has 11 nitrogen and oxygen atoms in total. The van der Waals surface area contributed by atoms with Crippen LogP contribution in [0.25, 0.3) is 0 Å². The summed E-state index contributed by atoms with van der Waals surface area (Å²) >= 11 is 0. The van der Waals surface area contributed by atoms with E-state index in [-0.39, 0.29) is 131 Å². The summed E-state index contributed by atoms with van der Waals surface area (Å²) in [7, 11) is -12.2. The largest absolute Gasteiger partial charge is 1.00 e. The smallest absolute Gasteiger partial charge is 0.808 e. The summed E-state index contributed by atoms with van der Waals surface area (Å²) in [5.41, 5.74) is 0. The van der Waals surface area contributed by atoms with E-state index < -0.39 is 50.9 Å². The third-order valence-electron chi connectivity index (χ3n) is 3.17. The Hall–Kier alpha value is 3.65. The molecule has 0 radical (unpaired) electrons. The third kappa shape index (κ3) is 11.4. The van der Waals surface area contributed by atoms with Crippen LogP contribution in [0.1, 0.15) is 26.7 Å². The zero-order valence-electron chi connectivity index (χ0n) is 16.4. The molecule has 0 aliphatic carbocycles. The second-order valence-electron chi connectivity index (χ2n) is 5.48. The molecule has 0 aromatic rings. The van der Waals surface area contributed by atoms with E-state index in [1.165, 1.54) is 0 Å². The van der Waals surface area contributed by atoms with Crippen molar-refractivity contribution in [2.24, 2.45) is 0 Å². The van der Waals surface area contributed by atoms with E-state index in [0.29, 0.717) is 0 Å². The van der Waals surface area contributed by atoms with Crippen molar-refractivity contribution in [2.45, 2.75) is 43.7 Å². The molecule has 1 rings (SSSR count). The average molecular weight is 465 g/mol. The van der Waals surface area contributed by atoms with Gasteiger partial charge < -0.3 is 48.6 Å². The van der Waals surface area contributed by atoms with Crippen molar-refractivity contribution in [3.63, 3.8) is 0 Å². The predicted molar refractivity (Wildman–Crippen MR) is 67.3 cm³/mol. The van der Waals surface area contributed by atoms with Crippen LogP contribution in [0.4, 0.5) is 0 Å². The van der Waals surface area contributed by atoms with E-state index in [1.807, 2.05) is 0 Å². The molecule has 1 saturated heterocycles. The maximum absolute atomic E-state index is 11.7. The maximum Gasteiger partial charge on any atom is 1.00 e. The molecule has 136 valence electrons. The fourth-order valence-electron chi connectivity index (χ4n) is 1.89. The number of nitrogens with one attached hydrogen (secondary N) is 1. The molecule has 1 atom stereocenters. The first-order valence-electron chi connectivity index (χ1n) is 6.56. The van der Waals surface area contributed by atoms with Gasteiger partial charge in [-0.15, -0.1) is 0 Å². The summed E-state index contributed by atoms with van der Waals surface area (Å²) in [5, 5.41) is 7.77. The molecule has 2 N–H and O–H groups in total. The Bertz CT molecular complexity index is 532. The van der Waals surface area contributed by atoms with Crippen LogP contribution >= 0.6 is 15.2 Å². The molecule has 0 aromatic carbocycles. The van der Waals surface area contributed by atoms with Gasteiger partial charge in [0, 0.05) is 6.54 Å². The van der Waals surface area contributed by atoms with Gasteiger partial charge in [-0.1, -0.05) is 0 Å². The van der Waals surface area contributed by atoms with E-state index in [4.69, 9.17) is 9.47 Å². The van der Waals surface area contributed by atoms with Gasteiger partial charge in [0.25, 0.3) is 5.91 Å². The van der Waals surface area contributed by atoms with E-state index in [9.17, 15) is 38.6 Å². The van der Waals surface area contributed by atoms with Crippen LogP contribution in [0.2, 0.25) is 0 Å². The Morgan fingerprint density at radius 1 is 1.15 bits per heavy atom. The molecule has 0 saturated carbocycles. The first kappa shape index (κ1) is 37.9. The molecular weight excluding hydrogens is 448 g/mol. The summed E-state index contributed by atoms with van der Waals surface area (Å²) in [5.74, 6) is -1.53. The van der Waals surface area contributed by atoms with Gasteiger partial charge in [-0.05, 0) is 41.9 Å². The number of rotatable bonds is 7. The Balaban J connectivity index is -0.000000661. The summed E-state index contributed by atoms with van der Waals surface area (Å²) in [6.45, 7) is 2.91. The predicted octanol–water partition coefficient (Wildman–Crippen LogP) is -15.5. The number of ether oxygens (including phenoxy) is 2. The fraction of sp³-hybridized carbons (Fsp3) is 0.900. The van der Waals surface area contributed by atoms with Crippen LogP contribution < -0.4 is 143 Å². The van der Waals surface area contributed by atoms with Gasteiger partial charge in [0.15, 0.2) is 11.9 Å². The van der Waals surface area contributed by atoms with Crippen molar-refractivity contribution in [1.29, 1.82) is 0 Å². The zero-order chi connectivity index (χ0) is 18.1. The fourth-order valence-corrected chi connectivity index (χ4v) is 3.96. The topological polar surface area (TPSA) is 194 Å². The number of hydrogen-bond acceptors (Lipinski definition) is 10. The van der Waals surface area contributed by atoms with E-state index >= 15 is 0 Å². The summed E-state index contributed by atoms with van der Waals surface area (Å²) in [6.07, 6.45) is -2.48. The van der Waals surface area contributed by atoms with Crippen molar-refractivity contribution in [3.8, 4) is 0 Å². The van der Waals surface area contributed by atoms with Crippen LogP contribution in [0.5, 0.6) is 0 Å². The molecule has 1 aliphatic rings. The molecule has 1 aliphatic heterocycles. The summed E-state index contributed by atoms with van der Waals surface area (Å²) in [6, 6.07) is 0. The minimum Gasteiger partial charge on any atom is -0.808 e.